The molecule has 2 heterocycles. The summed E-state index contributed by atoms with van der Waals surface area (Å²) in [5.74, 6) is 1.39. The molecule has 0 unspecified atom stereocenters. The van der Waals surface area contributed by atoms with Crippen LogP contribution in [0.5, 0.6) is 11.5 Å². The first kappa shape index (κ1) is 20.9. The Balaban J connectivity index is 1.75. The number of nitrogens with zero attached hydrogens (tertiary/aromatic N) is 3. The van der Waals surface area contributed by atoms with E-state index in [0.717, 1.165) is 26.1 Å². The molecule has 0 radical (unpaired) electrons. The van der Waals surface area contributed by atoms with Gasteiger partial charge in [0.1, 0.15) is 18.1 Å². The van der Waals surface area contributed by atoms with Gasteiger partial charge in [-0.05, 0) is 24.3 Å². The summed E-state index contributed by atoms with van der Waals surface area (Å²) in [5.41, 5.74) is 2.32. The molecule has 0 aliphatic carbocycles. The van der Waals surface area contributed by atoms with Crippen LogP contribution in [0.4, 0.5) is 5.69 Å². The Kier molecular flexibility index (Phi) is 5.63. The van der Waals surface area contributed by atoms with E-state index in [1.165, 1.54) is 25.4 Å². The molecule has 10 heteroatoms. The summed E-state index contributed by atoms with van der Waals surface area (Å²) in [5, 5.41) is 2.12. The molecule has 158 valence electrons. The Bertz CT molecular complexity index is 1280. The number of fused-ring (bicyclic) bond motifs is 1. The molecule has 0 N–H and O–H groups in total. The summed E-state index contributed by atoms with van der Waals surface area (Å²) in [7, 11) is 1.19. The van der Waals surface area contributed by atoms with Gasteiger partial charge >= 0.3 is 0 Å². The average molecular weight is 466 g/mol. The van der Waals surface area contributed by atoms with Crippen LogP contribution in [0.1, 0.15) is 0 Å². The van der Waals surface area contributed by atoms with Crippen molar-refractivity contribution in [1.82, 2.24) is 8.87 Å². The third-order valence-corrected chi connectivity index (χ3v) is 7.87. The highest BCUT2D eigenvalue weighted by molar-refractivity contribution is 7.89. The molecule has 0 atom stereocenters. The third-order valence-electron chi connectivity index (χ3n) is 4.66. The Labute approximate surface area is 183 Å². The van der Waals surface area contributed by atoms with Gasteiger partial charge in [0.05, 0.1) is 16.4 Å². The molecule has 2 aromatic carbocycles. The van der Waals surface area contributed by atoms with Crippen molar-refractivity contribution >= 4 is 38.6 Å². The maximum atomic E-state index is 12.6. The predicted octanol–water partition coefficient (Wildman–Crippen LogP) is 3.66. The van der Waals surface area contributed by atoms with E-state index in [1.54, 1.807) is 18.2 Å². The molecular weight excluding hydrogens is 446 g/mol. The van der Waals surface area contributed by atoms with Crippen molar-refractivity contribution < 1.29 is 17.9 Å². The van der Waals surface area contributed by atoms with E-state index in [4.69, 9.17) is 26.1 Å². The van der Waals surface area contributed by atoms with Crippen LogP contribution in [-0.4, -0.2) is 44.6 Å². The van der Waals surface area contributed by atoms with Crippen LogP contribution in [-0.2, 0) is 17.1 Å². The molecule has 0 bridgehead atoms. The van der Waals surface area contributed by atoms with Gasteiger partial charge in [0, 0.05) is 38.2 Å². The lowest BCUT2D eigenvalue weighted by Gasteiger charge is -2.18. The van der Waals surface area contributed by atoms with E-state index in [1.807, 2.05) is 35.2 Å². The smallest absolute Gasteiger partial charge is 0.244 e. The molecule has 1 aliphatic rings. The standard InChI is InChI=1S/C20H20ClN3O4S2/c1-23(2)30(25,26)19-10-13(4-6-15(19)21)16-12-29-20(24(16)3)22-14-5-7-17-18(11-14)28-9-8-27-17/h4-7,10-12H,8-9H2,1-3H3/b22-20+. The quantitative estimate of drug-likeness (QED) is 0.589. The van der Waals surface area contributed by atoms with E-state index < -0.39 is 10.0 Å². The zero-order chi connectivity index (χ0) is 21.5. The maximum absolute atomic E-state index is 12.6. The van der Waals surface area contributed by atoms with E-state index in [-0.39, 0.29) is 9.92 Å². The Morgan fingerprint density at radius 2 is 1.83 bits per heavy atom. The molecule has 0 spiro atoms. The number of hydrogen-bond donors (Lipinski definition) is 0. The number of benzene rings is 2. The normalized spacial score (nSPS) is 14.4. The van der Waals surface area contributed by atoms with Gasteiger partial charge < -0.3 is 14.0 Å². The fourth-order valence-corrected chi connectivity index (χ4v) is 5.32. The second kappa shape index (κ2) is 8.07. The highest BCUT2D eigenvalue weighted by Gasteiger charge is 2.22. The highest BCUT2D eigenvalue weighted by atomic mass is 35.5. The molecule has 30 heavy (non-hydrogen) atoms. The highest BCUT2D eigenvalue weighted by Crippen LogP contribution is 2.34. The number of halogens is 1. The van der Waals surface area contributed by atoms with Gasteiger partial charge in [0.2, 0.25) is 10.0 Å². The first-order valence-corrected chi connectivity index (χ1v) is 11.8. The number of thiazole rings is 1. The van der Waals surface area contributed by atoms with Crippen LogP contribution in [0.15, 0.2) is 51.7 Å². The van der Waals surface area contributed by atoms with Crippen molar-refractivity contribution in [2.75, 3.05) is 27.3 Å². The molecule has 4 rings (SSSR count). The average Bonchev–Trinajstić information content (AvgIpc) is 3.08. The molecule has 0 fully saturated rings. The molecule has 1 aliphatic heterocycles. The third kappa shape index (κ3) is 3.85. The molecule has 0 amide bonds. The summed E-state index contributed by atoms with van der Waals surface area (Å²) in [4.78, 5) is 5.54. The molecule has 3 aromatic rings. The number of hydrogen-bond acceptors (Lipinski definition) is 6. The Morgan fingerprint density at radius 3 is 2.57 bits per heavy atom. The van der Waals surface area contributed by atoms with E-state index in [0.29, 0.717) is 24.7 Å². The lowest BCUT2D eigenvalue weighted by atomic mass is 10.2. The molecule has 7 nitrogen and oxygen atoms in total. The Hall–Kier alpha value is -2.33. The Morgan fingerprint density at radius 1 is 1.10 bits per heavy atom. The van der Waals surface area contributed by atoms with Crippen LogP contribution in [0, 0.1) is 0 Å². The van der Waals surface area contributed by atoms with Gasteiger partial charge in [-0.3, -0.25) is 0 Å². The minimum absolute atomic E-state index is 0.0724. The monoisotopic (exact) mass is 465 g/mol. The van der Waals surface area contributed by atoms with Crippen LogP contribution < -0.4 is 14.3 Å². The lowest BCUT2D eigenvalue weighted by molar-refractivity contribution is 0.171. The van der Waals surface area contributed by atoms with Crippen LogP contribution >= 0.6 is 22.9 Å². The fraction of sp³-hybridized carbons (Fsp3) is 0.250. The molecule has 0 saturated carbocycles. The minimum Gasteiger partial charge on any atom is -0.486 e. The van der Waals surface area contributed by atoms with Gasteiger partial charge in [-0.1, -0.05) is 17.7 Å². The van der Waals surface area contributed by atoms with Gasteiger partial charge in [-0.2, -0.15) is 0 Å². The zero-order valence-electron chi connectivity index (χ0n) is 16.6. The van der Waals surface area contributed by atoms with Crippen molar-refractivity contribution in [1.29, 1.82) is 0 Å². The van der Waals surface area contributed by atoms with Crippen LogP contribution in [0.2, 0.25) is 5.02 Å². The van der Waals surface area contributed by atoms with Crippen molar-refractivity contribution in [2.45, 2.75) is 4.90 Å². The van der Waals surface area contributed by atoms with Crippen molar-refractivity contribution in [3.63, 3.8) is 0 Å². The molecule has 0 saturated heterocycles. The van der Waals surface area contributed by atoms with Crippen molar-refractivity contribution in [3.8, 4) is 22.8 Å². The number of sulfonamides is 1. The summed E-state index contributed by atoms with van der Waals surface area (Å²) in [6.45, 7) is 1.06. The first-order chi connectivity index (χ1) is 14.3. The fourth-order valence-electron chi connectivity index (χ4n) is 3.00. The van der Waals surface area contributed by atoms with Crippen LogP contribution in [0.25, 0.3) is 11.3 Å². The van der Waals surface area contributed by atoms with Gasteiger partial charge in [0.15, 0.2) is 16.3 Å². The second-order valence-electron chi connectivity index (χ2n) is 6.83. The molecular formula is C20H20ClN3O4S2. The lowest BCUT2D eigenvalue weighted by Crippen LogP contribution is -2.22. The SMILES string of the molecule is CN(C)S(=O)(=O)c1cc(-c2cs/c(=N/c3ccc4c(c3)OCCO4)n2C)ccc1Cl. The first-order valence-electron chi connectivity index (χ1n) is 9.09. The van der Waals surface area contributed by atoms with Gasteiger partial charge in [-0.15, -0.1) is 11.3 Å². The topological polar surface area (TPSA) is 73.1 Å². The minimum atomic E-state index is -3.66. The molecule has 1 aromatic heterocycles. The maximum Gasteiger partial charge on any atom is 0.244 e. The van der Waals surface area contributed by atoms with E-state index in [9.17, 15) is 8.42 Å². The summed E-state index contributed by atoms with van der Waals surface area (Å²) < 4.78 is 39.4. The summed E-state index contributed by atoms with van der Waals surface area (Å²) in [6.07, 6.45) is 0. The van der Waals surface area contributed by atoms with Crippen molar-refractivity contribution in [2.24, 2.45) is 12.0 Å². The second-order valence-corrected chi connectivity index (χ2v) is 10.2. The number of rotatable bonds is 4. The van der Waals surface area contributed by atoms with E-state index in [2.05, 4.69) is 0 Å². The summed E-state index contributed by atoms with van der Waals surface area (Å²) >= 11 is 7.63. The number of aromatic nitrogens is 1. The van der Waals surface area contributed by atoms with Crippen LogP contribution in [0.3, 0.4) is 0 Å². The number of ether oxygens (including phenoxy) is 2. The van der Waals surface area contributed by atoms with Crippen molar-refractivity contribution in [3.05, 3.63) is 51.6 Å². The largest absolute Gasteiger partial charge is 0.486 e. The zero-order valence-corrected chi connectivity index (χ0v) is 19.0. The van der Waals surface area contributed by atoms with Gasteiger partial charge in [0.25, 0.3) is 0 Å². The van der Waals surface area contributed by atoms with E-state index >= 15 is 0 Å². The summed E-state index contributed by atoms with van der Waals surface area (Å²) in [6, 6.07) is 10.6. The predicted molar refractivity (Wildman–Crippen MR) is 117 cm³/mol. The van der Waals surface area contributed by atoms with Gasteiger partial charge in [-0.25, -0.2) is 17.7 Å².